The third-order valence-corrected chi connectivity index (χ3v) is 4.64. The van der Waals surface area contributed by atoms with E-state index in [2.05, 4.69) is 5.32 Å². The highest BCUT2D eigenvalue weighted by Gasteiger charge is 2.03. The van der Waals surface area contributed by atoms with Crippen LogP contribution in [-0.4, -0.2) is 16.8 Å². The van der Waals surface area contributed by atoms with E-state index < -0.39 is 0 Å². The normalized spacial score (nSPS) is 10.4. The first kappa shape index (κ1) is 14.1. The molecule has 1 aromatic carbocycles. The minimum absolute atomic E-state index is 0.0211. The molecule has 0 spiro atoms. The maximum atomic E-state index is 11.7. The van der Waals surface area contributed by atoms with Crippen LogP contribution in [0.15, 0.2) is 46.0 Å². The van der Waals surface area contributed by atoms with Gasteiger partial charge in [0.25, 0.3) is 0 Å². The number of carbonyl (C=O) groups excluding carboxylic acids is 1. The molecule has 2 N–H and O–H groups in total. The van der Waals surface area contributed by atoms with Crippen molar-refractivity contribution in [2.75, 3.05) is 5.75 Å². The molecule has 0 aliphatic rings. The van der Waals surface area contributed by atoms with E-state index in [0.29, 0.717) is 12.3 Å². The lowest BCUT2D eigenvalue weighted by Gasteiger charge is -2.06. The molecule has 1 amide bonds. The number of aliphatic hydroxyl groups excluding tert-OH is 1. The van der Waals surface area contributed by atoms with Gasteiger partial charge in [-0.2, -0.15) is 0 Å². The maximum absolute atomic E-state index is 11.7. The zero-order valence-electron chi connectivity index (χ0n) is 10.3. The molecule has 0 aliphatic heterocycles. The molecular weight excluding hydrogens is 278 g/mol. The molecule has 0 unspecified atom stereocenters. The molecule has 0 aliphatic carbocycles. The maximum Gasteiger partial charge on any atom is 0.230 e. The monoisotopic (exact) mass is 293 g/mol. The Labute approximate surface area is 120 Å². The second kappa shape index (κ2) is 7.33. The molecule has 2 aromatic rings. The summed E-state index contributed by atoms with van der Waals surface area (Å²) in [5.41, 5.74) is 1.86. The zero-order chi connectivity index (χ0) is 13.5. The highest BCUT2D eigenvalue weighted by molar-refractivity contribution is 8.01. The Balaban J connectivity index is 1.76. The Morgan fingerprint density at radius 1 is 1.26 bits per heavy atom. The quantitative estimate of drug-likeness (QED) is 0.805. The molecular formula is C14H15NO2S2. The van der Waals surface area contributed by atoms with Gasteiger partial charge in [0.1, 0.15) is 0 Å². The first-order chi connectivity index (χ1) is 9.28. The van der Waals surface area contributed by atoms with Gasteiger partial charge in [-0.25, -0.2) is 0 Å². The Kier molecular flexibility index (Phi) is 5.44. The fraction of sp³-hybridized carbons (Fsp3) is 0.214. The number of thioether (sulfide) groups is 1. The predicted octanol–water partition coefficient (Wildman–Crippen LogP) is 2.65. The van der Waals surface area contributed by atoms with Crippen molar-refractivity contribution >= 4 is 29.0 Å². The molecule has 100 valence electrons. The van der Waals surface area contributed by atoms with Crippen molar-refractivity contribution in [3.05, 3.63) is 52.9 Å². The van der Waals surface area contributed by atoms with Crippen molar-refractivity contribution in [2.24, 2.45) is 0 Å². The number of carbonyl (C=O) groups is 1. The van der Waals surface area contributed by atoms with E-state index in [4.69, 9.17) is 5.11 Å². The smallest absolute Gasteiger partial charge is 0.230 e. The molecule has 19 heavy (non-hydrogen) atoms. The van der Waals surface area contributed by atoms with E-state index >= 15 is 0 Å². The Bertz CT molecular complexity index is 526. The molecule has 5 heteroatoms. The summed E-state index contributed by atoms with van der Waals surface area (Å²) in [5.74, 6) is 0.452. The summed E-state index contributed by atoms with van der Waals surface area (Å²) in [6.07, 6.45) is 0. The number of aliphatic hydroxyl groups is 1. The van der Waals surface area contributed by atoms with Crippen LogP contribution in [0.25, 0.3) is 0 Å². The van der Waals surface area contributed by atoms with Crippen molar-refractivity contribution in [1.82, 2.24) is 5.32 Å². The van der Waals surface area contributed by atoms with Gasteiger partial charge in [-0.3, -0.25) is 4.79 Å². The van der Waals surface area contributed by atoms with E-state index in [0.717, 1.165) is 15.3 Å². The highest BCUT2D eigenvalue weighted by atomic mass is 32.2. The SMILES string of the molecule is O=C(CSc1cccs1)NCc1cccc(CO)c1. The minimum atomic E-state index is 0.0211. The molecule has 0 bridgehead atoms. The molecule has 0 radical (unpaired) electrons. The van der Waals surface area contributed by atoms with Crippen LogP contribution >= 0.6 is 23.1 Å². The van der Waals surface area contributed by atoms with Crippen molar-refractivity contribution in [2.45, 2.75) is 17.4 Å². The van der Waals surface area contributed by atoms with Crippen LogP contribution in [-0.2, 0) is 17.9 Å². The fourth-order valence-corrected chi connectivity index (χ4v) is 3.19. The van der Waals surface area contributed by atoms with E-state index in [1.165, 1.54) is 0 Å². The Morgan fingerprint density at radius 3 is 2.84 bits per heavy atom. The summed E-state index contributed by atoms with van der Waals surface area (Å²) in [6.45, 7) is 0.522. The number of thiophene rings is 1. The number of amides is 1. The molecule has 2 rings (SSSR count). The fourth-order valence-electron chi connectivity index (χ4n) is 1.57. The van der Waals surface area contributed by atoms with Crippen LogP contribution in [0.1, 0.15) is 11.1 Å². The lowest BCUT2D eigenvalue weighted by atomic mass is 10.1. The number of benzene rings is 1. The average molecular weight is 293 g/mol. The van der Waals surface area contributed by atoms with Gasteiger partial charge >= 0.3 is 0 Å². The highest BCUT2D eigenvalue weighted by Crippen LogP contribution is 2.22. The zero-order valence-corrected chi connectivity index (χ0v) is 12.0. The van der Waals surface area contributed by atoms with Crippen molar-refractivity contribution < 1.29 is 9.90 Å². The number of nitrogens with one attached hydrogen (secondary N) is 1. The van der Waals surface area contributed by atoms with Gasteiger partial charge in [-0.1, -0.05) is 30.3 Å². The van der Waals surface area contributed by atoms with Gasteiger partial charge in [0.2, 0.25) is 5.91 Å². The lowest BCUT2D eigenvalue weighted by molar-refractivity contribution is -0.118. The molecule has 0 saturated heterocycles. The van der Waals surface area contributed by atoms with E-state index in [-0.39, 0.29) is 12.5 Å². The molecule has 3 nitrogen and oxygen atoms in total. The van der Waals surface area contributed by atoms with Gasteiger partial charge in [-0.05, 0) is 22.6 Å². The largest absolute Gasteiger partial charge is 0.392 e. The molecule has 0 atom stereocenters. The van der Waals surface area contributed by atoms with Gasteiger partial charge in [0.05, 0.1) is 16.6 Å². The van der Waals surface area contributed by atoms with Crippen molar-refractivity contribution in [3.8, 4) is 0 Å². The van der Waals surface area contributed by atoms with Gasteiger partial charge in [0.15, 0.2) is 0 Å². The van der Waals surface area contributed by atoms with Crippen molar-refractivity contribution in [3.63, 3.8) is 0 Å². The summed E-state index contributed by atoms with van der Waals surface area (Å²) < 4.78 is 1.15. The number of hydrogen-bond donors (Lipinski definition) is 2. The third-order valence-electron chi connectivity index (χ3n) is 2.50. The summed E-state index contributed by atoms with van der Waals surface area (Å²) in [5, 5.41) is 13.9. The van der Waals surface area contributed by atoms with Crippen LogP contribution in [0, 0.1) is 0 Å². The Hall–Kier alpha value is -1.30. The average Bonchev–Trinajstić information content (AvgIpc) is 2.96. The second-order valence-electron chi connectivity index (χ2n) is 3.98. The summed E-state index contributed by atoms with van der Waals surface area (Å²) in [6, 6.07) is 11.6. The van der Waals surface area contributed by atoms with Crippen LogP contribution in [0.2, 0.25) is 0 Å². The molecule has 1 aromatic heterocycles. The first-order valence-corrected chi connectivity index (χ1v) is 7.76. The number of rotatable bonds is 6. The standard InChI is InChI=1S/C14H15NO2S2/c16-9-12-4-1-3-11(7-12)8-15-13(17)10-19-14-5-2-6-18-14/h1-7,16H,8-10H2,(H,15,17). The third kappa shape index (κ3) is 4.70. The predicted molar refractivity (Wildman–Crippen MR) is 79.3 cm³/mol. The van der Waals surface area contributed by atoms with Crippen LogP contribution < -0.4 is 5.32 Å². The number of hydrogen-bond acceptors (Lipinski definition) is 4. The minimum Gasteiger partial charge on any atom is -0.392 e. The molecule has 1 heterocycles. The summed E-state index contributed by atoms with van der Waals surface area (Å²) in [7, 11) is 0. The van der Waals surface area contributed by atoms with E-state index in [9.17, 15) is 4.79 Å². The first-order valence-electron chi connectivity index (χ1n) is 5.89. The van der Waals surface area contributed by atoms with E-state index in [1.54, 1.807) is 23.1 Å². The van der Waals surface area contributed by atoms with Crippen LogP contribution in [0.3, 0.4) is 0 Å². The van der Waals surface area contributed by atoms with Gasteiger partial charge < -0.3 is 10.4 Å². The van der Waals surface area contributed by atoms with Gasteiger partial charge in [-0.15, -0.1) is 23.1 Å². The van der Waals surface area contributed by atoms with Crippen molar-refractivity contribution in [1.29, 1.82) is 0 Å². The van der Waals surface area contributed by atoms with E-state index in [1.807, 2.05) is 41.8 Å². The second-order valence-corrected chi connectivity index (χ2v) is 6.20. The molecule has 0 saturated carbocycles. The topological polar surface area (TPSA) is 49.3 Å². The summed E-state index contributed by atoms with van der Waals surface area (Å²) in [4.78, 5) is 11.7. The Morgan fingerprint density at radius 2 is 2.11 bits per heavy atom. The summed E-state index contributed by atoms with van der Waals surface area (Å²) >= 11 is 3.18. The van der Waals surface area contributed by atoms with Gasteiger partial charge in [0, 0.05) is 6.54 Å². The van der Waals surface area contributed by atoms with Crippen LogP contribution in [0.4, 0.5) is 0 Å². The lowest BCUT2D eigenvalue weighted by Crippen LogP contribution is -2.24. The van der Waals surface area contributed by atoms with Crippen LogP contribution in [0.5, 0.6) is 0 Å². The molecule has 0 fully saturated rings.